The molecule has 160 valence electrons. The summed E-state index contributed by atoms with van der Waals surface area (Å²) < 4.78 is 5.46. The molecule has 2 aliphatic carbocycles. The van der Waals surface area contributed by atoms with Gasteiger partial charge in [-0.15, -0.1) is 0 Å². The number of halogens is 3. The molecule has 0 unspecified atom stereocenters. The van der Waals surface area contributed by atoms with Crippen LogP contribution in [-0.4, -0.2) is 28.7 Å². The molecule has 2 saturated carbocycles. The van der Waals surface area contributed by atoms with Gasteiger partial charge in [-0.05, 0) is 48.7 Å². The number of carbonyl (C=O) groups is 3. The van der Waals surface area contributed by atoms with Crippen LogP contribution in [0.25, 0.3) is 0 Å². The van der Waals surface area contributed by atoms with E-state index in [-0.39, 0.29) is 51.5 Å². The van der Waals surface area contributed by atoms with Crippen LogP contribution in [-0.2, 0) is 14.3 Å². The third-order valence-corrected chi connectivity index (χ3v) is 8.46. The van der Waals surface area contributed by atoms with Gasteiger partial charge in [0.15, 0.2) is 0 Å². The Morgan fingerprint density at radius 2 is 1.77 bits per heavy atom. The van der Waals surface area contributed by atoms with Crippen molar-refractivity contribution in [3.05, 3.63) is 58.1 Å². The second-order valence-electron chi connectivity index (χ2n) is 8.08. The van der Waals surface area contributed by atoms with E-state index in [4.69, 9.17) is 27.9 Å². The number of hydrogen-bond acceptors (Lipinski definition) is 4. The Bertz CT molecular complexity index is 1090. The van der Waals surface area contributed by atoms with Crippen molar-refractivity contribution in [3.8, 4) is 0 Å². The summed E-state index contributed by atoms with van der Waals surface area (Å²) in [7, 11) is 0. The largest absolute Gasteiger partial charge is 0.461 e. The van der Waals surface area contributed by atoms with E-state index in [0.29, 0.717) is 22.0 Å². The Labute approximate surface area is 196 Å². The first kappa shape index (κ1) is 20.8. The molecule has 1 heterocycles. The molecule has 3 aliphatic rings. The number of esters is 1. The highest BCUT2D eigenvalue weighted by Crippen LogP contribution is 2.60. The Morgan fingerprint density at radius 3 is 2.52 bits per heavy atom. The van der Waals surface area contributed by atoms with E-state index in [1.54, 1.807) is 42.5 Å². The summed E-state index contributed by atoms with van der Waals surface area (Å²) in [5.41, 5.74) is 1.37. The first-order valence-electron chi connectivity index (χ1n) is 9.86. The topological polar surface area (TPSA) is 84.5 Å². The van der Waals surface area contributed by atoms with Crippen molar-refractivity contribution in [1.29, 1.82) is 0 Å². The average Bonchev–Trinajstić information content (AvgIpc) is 3.36. The van der Waals surface area contributed by atoms with Crippen molar-refractivity contribution in [1.82, 2.24) is 0 Å². The zero-order chi connectivity index (χ0) is 21.9. The van der Waals surface area contributed by atoms with Crippen LogP contribution in [0.5, 0.6) is 0 Å². The van der Waals surface area contributed by atoms with Crippen LogP contribution in [0.4, 0.5) is 11.4 Å². The summed E-state index contributed by atoms with van der Waals surface area (Å²) in [5.74, 6) is -1.39. The third kappa shape index (κ3) is 3.43. The van der Waals surface area contributed by atoms with Gasteiger partial charge < -0.3 is 15.4 Å². The van der Waals surface area contributed by atoms with Gasteiger partial charge in [-0.1, -0.05) is 45.2 Å². The van der Waals surface area contributed by atoms with E-state index in [9.17, 15) is 14.4 Å². The number of ether oxygens (including phenoxy) is 1. The minimum absolute atomic E-state index is 0.0142. The maximum atomic E-state index is 13.0. The summed E-state index contributed by atoms with van der Waals surface area (Å²) >= 11 is 15.7. The van der Waals surface area contributed by atoms with E-state index in [2.05, 4.69) is 26.6 Å². The first-order chi connectivity index (χ1) is 14.8. The number of hydrogen-bond donors (Lipinski definition) is 2. The fourth-order valence-corrected chi connectivity index (χ4v) is 6.45. The van der Waals surface area contributed by atoms with Crippen LogP contribution in [0.2, 0.25) is 10.0 Å². The highest BCUT2D eigenvalue weighted by Gasteiger charge is 2.67. The molecule has 2 aromatic carbocycles. The predicted octanol–water partition coefficient (Wildman–Crippen LogP) is 4.76. The van der Waals surface area contributed by atoms with Gasteiger partial charge in [0.25, 0.3) is 5.91 Å². The molecule has 9 heteroatoms. The van der Waals surface area contributed by atoms with Crippen molar-refractivity contribution in [3.63, 3.8) is 0 Å². The molecular formula is C22H17BrCl2N2O4. The number of benzene rings is 2. The van der Waals surface area contributed by atoms with Gasteiger partial charge in [-0.2, -0.15) is 0 Å². The minimum atomic E-state index is -0.409. The highest BCUT2D eigenvalue weighted by atomic mass is 79.9. The number of fused-ring (bicyclic) bond motifs is 1. The standard InChI is InChI=1S/C22H17BrCl2N2O4/c23-17-11-8-12-16(22(30)31-19(12)17)15(11)21(29)26-10-6-4-9(5-7-10)20(28)27-14-3-1-2-13(24)18(14)25/h1-7,11-12,15-17,19H,8H2,(H,26,29)(H,27,28)/t11-,12-,15-,16-,17+,19+/m1/s1. The zero-order valence-corrected chi connectivity index (χ0v) is 19.1. The second-order valence-corrected chi connectivity index (χ2v) is 9.93. The molecule has 6 nitrogen and oxygen atoms in total. The molecule has 1 saturated heterocycles. The Kier molecular flexibility index (Phi) is 5.23. The van der Waals surface area contributed by atoms with Crippen LogP contribution in [0.1, 0.15) is 16.8 Å². The summed E-state index contributed by atoms with van der Waals surface area (Å²) in [6.07, 6.45) is 0.706. The van der Waals surface area contributed by atoms with E-state index in [0.717, 1.165) is 6.42 Å². The smallest absolute Gasteiger partial charge is 0.310 e. The third-order valence-electron chi connectivity index (χ3n) is 6.44. The minimum Gasteiger partial charge on any atom is -0.461 e. The van der Waals surface area contributed by atoms with Crippen LogP contribution < -0.4 is 10.6 Å². The summed E-state index contributed by atoms with van der Waals surface area (Å²) in [4.78, 5) is 37.7. The first-order valence-corrected chi connectivity index (χ1v) is 11.5. The quantitative estimate of drug-likeness (QED) is 0.447. The van der Waals surface area contributed by atoms with E-state index in [1.165, 1.54) is 0 Å². The molecule has 3 fully saturated rings. The SMILES string of the molecule is O=C(Nc1cccc(Cl)c1Cl)c1ccc(NC(=O)[C@@H]2[C@H]3C[C@H]4[C@H](OC(=O)[C@H]42)[C@H]3Br)cc1. The van der Waals surface area contributed by atoms with Crippen LogP contribution in [0, 0.1) is 23.7 Å². The summed E-state index contributed by atoms with van der Waals surface area (Å²) in [6, 6.07) is 11.5. The average molecular weight is 524 g/mol. The molecule has 2 aromatic rings. The molecule has 6 atom stereocenters. The normalized spacial score (nSPS) is 30.2. The van der Waals surface area contributed by atoms with E-state index < -0.39 is 5.92 Å². The lowest BCUT2D eigenvalue weighted by Gasteiger charge is -2.27. The van der Waals surface area contributed by atoms with Crippen LogP contribution in [0.3, 0.4) is 0 Å². The molecule has 0 aromatic heterocycles. The molecule has 5 rings (SSSR count). The number of nitrogens with one attached hydrogen (secondary N) is 2. The number of anilines is 2. The van der Waals surface area contributed by atoms with Gasteiger partial charge in [0.05, 0.1) is 32.4 Å². The lowest BCUT2D eigenvalue weighted by Crippen LogP contribution is -2.40. The van der Waals surface area contributed by atoms with Gasteiger partial charge in [-0.25, -0.2) is 0 Å². The predicted molar refractivity (Wildman–Crippen MR) is 121 cm³/mol. The summed E-state index contributed by atoms with van der Waals surface area (Å²) in [6.45, 7) is 0. The van der Waals surface area contributed by atoms with Crippen molar-refractivity contribution in [2.75, 3.05) is 10.6 Å². The van der Waals surface area contributed by atoms with Gasteiger partial charge in [0.2, 0.25) is 5.91 Å². The molecular weight excluding hydrogens is 507 g/mol. The maximum Gasteiger partial charge on any atom is 0.310 e. The second kappa shape index (κ2) is 7.80. The number of carbonyl (C=O) groups excluding carboxylic acids is 3. The molecule has 0 spiro atoms. The number of alkyl halides is 1. The molecule has 31 heavy (non-hydrogen) atoms. The van der Waals surface area contributed by atoms with Crippen LogP contribution >= 0.6 is 39.1 Å². The zero-order valence-electron chi connectivity index (χ0n) is 16.0. The van der Waals surface area contributed by atoms with E-state index in [1.807, 2.05) is 0 Å². The van der Waals surface area contributed by atoms with Crippen LogP contribution in [0.15, 0.2) is 42.5 Å². The Morgan fingerprint density at radius 1 is 1.03 bits per heavy atom. The molecule has 2 amide bonds. The Balaban J connectivity index is 1.26. The number of rotatable bonds is 4. The lowest BCUT2D eigenvalue weighted by molar-refractivity contribution is -0.145. The highest BCUT2D eigenvalue weighted by molar-refractivity contribution is 9.09. The fraction of sp³-hybridized carbons (Fsp3) is 0.318. The van der Waals surface area contributed by atoms with Crippen molar-refractivity contribution in [2.45, 2.75) is 17.4 Å². The van der Waals surface area contributed by atoms with Crippen molar-refractivity contribution in [2.24, 2.45) is 23.7 Å². The van der Waals surface area contributed by atoms with Gasteiger partial charge in [-0.3, -0.25) is 14.4 Å². The monoisotopic (exact) mass is 522 g/mol. The van der Waals surface area contributed by atoms with Crippen molar-refractivity contribution < 1.29 is 19.1 Å². The van der Waals surface area contributed by atoms with Gasteiger partial charge >= 0.3 is 5.97 Å². The lowest BCUT2D eigenvalue weighted by atomic mass is 9.79. The van der Waals surface area contributed by atoms with E-state index >= 15 is 0 Å². The fourth-order valence-electron chi connectivity index (χ4n) is 5.06. The molecule has 1 aliphatic heterocycles. The molecule has 0 radical (unpaired) electrons. The number of amides is 2. The van der Waals surface area contributed by atoms with Crippen molar-refractivity contribution >= 4 is 68.3 Å². The molecule has 2 N–H and O–H groups in total. The summed E-state index contributed by atoms with van der Waals surface area (Å²) in [5, 5.41) is 6.22. The van der Waals surface area contributed by atoms with Gasteiger partial charge in [0, 0.05) is 17.2 Å². The molecule has 2 bridgehead atoms. The maximum absolute atomic E-state index is 13.0. The van der Waals surface area contributed by atoms with Gasteiger partial charge in [0.1, 0.15) is 6.10 Å². The Hall–Kier alpha value is -2.09.